The van der Waals surface area contributed by atoms with Gasteiger partial charge in [-0.05, 0) is 48.6 Å². The van der Waals surface area contributed by atoms with Gasteiger partial charge in [0, 0.05) is 16.1 Å². The van der Waals surface area contributed by atoms with Crippen molar-refractivity contribution in [3.8, 4) is 6.07 Å². The number of rotatable bonds is 5. The molecule has 0 aliphatic heterocycles. The van der Waals surface area contributed by atoms with Gasteiger partial charge >= 0.3 is 0 Å². The molecule has 3 heteroatoms. The minimum absolute atomic E-state index is 0.320. The SMILES string of the molecule is CC(C)[C@H](CSc1ccccc1)[C@@H]1C[C@@]2(C)C=C[C@H]1C[C@]2(O)C#N. The van der Waals surface area contributed by atoms with E-state index in [0.717, 1.165) is 12.2 Å². The minimum atomic E-state index is -1.20. The average molecular weight is 342 g/mol. The Labute approximate surface area is 150 Å². The van der Waals surface area contributed by atoms with Crippen LogP contribution in [0.1, 0.15) is 33.6 Å². The number of allylic oxidation sites excluding steroid dienone is 1. The first-order chi connectivity index (χ1) is 11.4. The molecule has 1 saturated carbocycles. The fraction of sp³-hybridized carbons (Fsp3) is 0.571. The number of fused-ring (bicyclic) bond motifs is 2. The monoisotopic (exact) mass is 341 g/mol. The second-order valence-electron chi connectivity index (χ2n) is 8.02. The molecule has 24 heavy (non-hydrogen) atoms. The summed E-state index contributed by atoms with van der Waals surface area (Å²) < 4.78 is 0. The third-order valence-corrected chi connectivity index (χ3v) is 7.33. The lowest BCUT2D eigenvalue weighted by molar-refractivity contribution is -0.0877. The highest BCUT2D eigenvalue weighted by Gasteiger charge is 2.57. The van der Waals surface area contributed by atoms with Gasteiger partial charge in [-0.25, -0.2) is 0 Å². The maximum atomic E-state index is 10.8. The molecular formula is C21H27NOS. The molecule has 3 aliphatic rings. The Kier molecular flexibility index (Phi) is 4.82. The van der Waals surface area contributed by atoms with Crippen molar-refractivity contribution in [3.05, 3.63) is 42.5 Å². The highest BCUT2D eigenvalue weighted by molar-refractivity contribution is 7.99. The second-order valence-corrected chi connectivity index (χ2v) is 9.11. The average Bonchev–Trinajstić information content (AvgIpc) is 2.57. The lowest BCUT2D eigenvalue weighted by Gasteiger charge is -2.54. The van der Waals surface area contributed by atoms with Gasteiger partial charge < -0.3 is 5.11 Å². The van der Waals surface area contributed by atoms with Crippen LogP contribution in [0.15, 0.2) is 47.4 Å². The van der Waals surface area contributed by atoms with Crippen LogP contribution in [0.25, 0.3) is 0 Å². The zero-order chi connectivity index (χ0) is 17.4. The van der Waals surface area contributed by atoms with E-state index < -0.39 is 11.0 Å². The van der Waals surface area contributed by atoms with Gasteiger partial charge in [0.2, 0.25) is 0 Å². The summed E-state index contributed by atoms with van der Waals surface area (Å²) in [4.78, 5) is 1.32. The highest BCUT2D eigenvalue weighted by atomic mass is 32.2. The van der Waals surface area contributed by atoms with Gasteiger partial charge in [0.1, 0.15) is 0 Å². The number of aliphatic hydroxyl groups is 1. The van der Waals surface area contributed by atoms with Crippen molar-refractivity contribution in [2.45, 2.75) is 44.1 Å². The molecule has 0 spiro atoms. The maximum Gasteiger partial charge on any atom is 0.160 e. The summed E-state index contributed by atoms with van der Waals surface area (Å²) in [6.07, 6.45) is 5.86. The van der Waals surface area contributed by atoms with E-state index >= 15 is 0 Å². The molecule has 128 valence electrons. The Balaban J connectivity index is 1.77. The van der Waals surface area contributed by atoms with E-state index in [1.54, 1.807) is 0 Å². The predicted octanol–water partition coefficient (Wildman–Crippen LogP) is 4.91. The number of thioether (sulfide) groups is 1. The number of hydrogen-bond donors (Lipinski definition) is 1. The standard InChI is InChI=1S/C21H27NOS/c1-15(2)19(13-24-17-7-5-4-6-8-17)18-12-20(3)10-9-16(18)11-21(20,23)14-22/h4-10,15-16,18-19,23H,11-13H2,1-3H3/t16-,18+,19-,20+,21-/m0/s1. The second kappa shape index (κ2) is 6.58. The summed E-state index contributed by atoms with van der Waals surface area (Å²) >= 11 is 1.93. The largest absolute Gasteiger partial charge is 0.374 e. The summed E-state index contributed by atoms with van der Waals surface area (Å²) in [5.74, 6) is 3.15. The van der Waals surface area contributed by atoms with E-state index in [2.05, 4.69) is 69.3 Å². The summed E-state index contributed by atoms with van der Waals surface area (Å²) in [7, 11) is 0. The molecule has 0 heterocycles. The molecule has 2 nitrogen and oxygen atoms in total. The van der Waals surface area contributed by atoms with E-state index in [1.807, 2.05) is 11.8 Å². The van der Waals surface area contributed by atoms with E-state index in [1.165, 1.54) is 4.90 Å². The van der Waals surface area contributed by atoms with E-state index in [0.29, 0.717) is 30.1 Å². The lowest BCUT2D eigenvalue weighted by atomic mass is 9.51. The Morgan fingerprint density at radius 1 is 1.29 bits per heavy atom. The van der Waals surface area contributed by atoms with Crippen molar-refractivity contribution in [3.63, 3.8) is 0 Å². The summed E-state index contributed by atoms with van der Waals surface area (Å²) in [5.41, 5.74) is -1.61. The molecule has 2 bridgehead atoms. The maximum absolute atomic E-state index is 10.8. The van der Waals surface area contributed by atoms with Crippen LogP contribution in [0, 0.1) is 40.4 Å². The van der Waals surface area contributed by atoms with Gasteiger partial charge in [-0.3, -0.25) is 0 Å². The third-order valence-electron chi connectivity index (χ3n) is 6.17. The molecule has 5 atom stereocenters. The van der Waals surface area contributed by atoms with Crippen LogP contribution in [-0.2, 0) is 0 Å². The first kappa shape index (κ1) is 17.6. The predicted molar refractivity (Wildman–Crippen MR) is 99.5 cm³/mol. The lowest BCUT2D eigenvalue weighted by Crippen LogP contribution is -2.56. The van der Waals surface area contributed by atoms with Crippen molar-refractivity contribution in [1.29, 1.82) is 5.26 Å². The number of benzene rings is 1. The Bertz CT molecular complexity index is 650. The highest BCUT2D eigenvalue weighted by Crippen LogP contribution is 2.57. The number of nitriles is 1. The minimum Gasteiger partial charge on any atom is -0.374 e. The van der Waals surface area contributed by atoms with E-state index in [9.17, 15) is 10.4 Å². The van der Waals surface area contributed by atoms with Crippen LogP contribution >= 0.6 is 11.8 Å². The van der Waals surface area contributed by atoms with Crippen LogP contribution in [0.5, 0.6) is 0 Å². The van der Waals surface area contributed by atoms with E-state index in [4.69, 9.17) is 0 Å². The Morgan fingerprint density at radius 2 is 2.00 bits per heavy atom. The zero-order valence-electron chi connectivity index (χ0n) is 14.8. The number of hydrogen-bond acceptors (Lipinski definition) is 3. The van der Waals surface area contributed by atoms with Gasteiger partial charge in [0.15, 0.2) is 5.60 Å². The van der Waals surface area contributed by atoms with Gasteiger partial charge in [-0.2, -0.15) is 5.26 Å². The van der Waals surface area contributed by atoms with Crippen molar-refractivity contribution < 1.29 is 5.11 Å². The quantitative estimate of drug-likeness (QED) is 0.470. The van der Waals surface area contributed by atoms with Crippen molar-refractivity contribution in [2.75, 3.05) is 5.75 Å². The van der Waals surface area contributed by atoms with Crippen LogP contribution < -0.4 is 0 Å². The molecule has 3 aliphatic carbocycles. The first-order valence-corrected chi connectivity index (χ1v) is 9.88. The normalized spacial score (nSPS) is 35.8. The molecule has 1 N–H and O–H groups in total. The Hall–Kier alpha value is -1.24. The molecule has 0 unspecified atom stereocenters. The molecule has 1 aromatic rings. The fourth-order valence-corrected chi connectivity index (χ4v) is 5.82. The van der Waals surface area contributed by atoms with Gasteiger partial charge in [-0.1, -0.05) is 51.1 Å². The third kappa shape index (κ3) is 3.03. The van der Waals surface area contributed by atoms with Crippen molar-refractivity contribution in [1.82, 2.24) is 0 Å². The summed E-state index contributed by atoms with van der Waals surface area (Å²) in [5, 5.41) is 20.2. The fourth-order valence-electron chi connectivity index (χ4n) is 4.45. The van der Waals surface area contributed by atoms with Gasteiger partial charge in [-0.15, -0.1) is 11.8 Å². The summed E-state index contributed by atoms with van der Waals surface area (Å²) in [6.45, 7) is 6.67. The van der Waals surface area contributed by atoms with Crippen molar-refractivity contribution >= 4 is 11.8 Å². The van der Waals surface area contributed by atoms with Crippen LogP contribution in [0.2, 0.25) is 0 Å². The molecule has 0 aromatic heterocycles. The molecule has 0 radical (unpaired) electrons. The molecule has 4 rings (SSSR count). The topological polar surface area (TPSA) is 44.0 Å². The zero-order valence-corrected chi connectivity index (χ0v) is 15.6. The van der Waals surface area contributed by atoms with E-state index in [-0.39, 0.29) is 0 Å². The van der Waals surface area contributed by atoms with Crippen LogP contribution in [0.4, 0.5) is 0 Å². The molecule has 1 fully saturated rings. The Morgan fingerprint density at radius 3 is 2.58 bits per heavy atom. The van der Waals surface area contributed by atoms with Gasteiger partial charge in [0.05, 0.1) is 6.07 Å². The summed E-state index contributed by atoms with van der Waals surface area (Å²) in [6, 6.07) is 12.8. The van der Waals surface area contributed by atoms with Crippen molar-refractivity contribution in [2.24, 2.45) is 29.1 Å². The molecular weight excluding hydrogens is 314 g/mol. The van der Waals surface area contributed by atoms with Gasteiger partial charge in [0.25, 0.3) is 0 Å². The first-order valence-electron chi connectivity index (χ1n) is 8.89. The molecule has 0 saturated heterocycles. The molecule has 1 aromatic carbocycles. The van der Waals surface area contributed by atoms with Crippen LogP contribution in [0.3, 0.4) is 0 Å². The number of nitrogens with zero attached hydrogens (tertiary/aromatic N) is 1. The smallest absolute Gasteiger partial charge is 0.160 e. The molecule has 0 amide bonds. The van der Waals surface area contributed by atoms with Crippen LogP contribution in [-0.4, -0.2) is 16.5 Å².